The zero-order valence-corrected chi connectivity index (χ0v) is 27.1. The number of halogens is 1. The SMILES string of the molecule is CCc1cc(Br)cc2c(C(=O)OC(C)C(=O)c3ccc(C)cc3)cc(-c3ccc(N4C(=O)C5CC=CC(C)C5C4=O)cc3)nc12. The lowest BCUT2D eigenvalue weighted by Gasteiger charge is -2.22. The lowest BCUT2D eigenvalue weighted by Crippen LogP contribution is -2.31. The van der Waals surface area contributed by atoms with Crippen LogP contribution in [0.5, 0.6) is 0 Å². The summed E-state index contributed by atoms with van der Waals surface area (Å²) < 4.78 is 6.54. The van der Waals surface area contributed by atoms with Crippen molar-refractivity contribution in [2.45, 2.75) is 46.6 Å². The molecule has 1 saturated heterocycles. The van der Waals surface area contributed by atoms with Crippen molar-refractivity contribution < 1.29 is 23.9 Å². The highest BCUT2D eigenvalue weighted by atomic mass is 79.9. The van der Waals surface area contributed by atoms with E-state index in [1.807, 2.05) is 57.2 Å². The van der Waals surface area contributed by atoms with Gasteiger partial charge in [0.05, 0.1) is 34.3 Å². The Morgan fingerprint density at radius 1 is 1.02 bits per heavy atom. The van der Waals surface area contributed by atoms with E-state index in [-0.39, 0.29) is 40.9 Å². The highest BCUT2D eigenvalue weighted by Gasteiger charge is 2.50. The molecule has 4 aromatic rings. The van der Waals surface area contributed by atoms with Gasteiger partial charge < -0.3 is 4.74 Å². The van der Waals surface area contributed by atoms with Crippen LogP contribution in [-0.4, -0.2) is 34.7 Å². The predicted molar refractivity (Wildman–Crippen MR) is 177 cm³/mol. The van der Waals surface area contributed by atoms with Gasteiger partial charge in [0.1, 0.15) is 0 Å². The number of hydrogen-bond acceptors (Lipinski definition) is 6. The third-order valence-electron chi connectivity index (χ3n) is 8.84. The number of anilines is 1. The number of nitrogens with zero attached hydrogens (tertiary/aromatic N) is 2. The molecule has 2 aliphatic rings. The van der Waals surface area contributed by atoms with Crippen molar-refractivity contribution in [2.75, 3.05) is 4.90 Å². The van der Waals surface area contributed by atoms with E-state index in [1.165, 1.54) is 4.90 Å². The first-order valence-electron chi connectivity index (χ1n) is 15.2. The Morgan fingerprint density at radius 2 is 1.73 bits per heavy atom. The van der Waals surface area contributed by atoms with E-state index in [4.69, 9.17) is 9.72 Å². The third kappa shape index (κ3) is 5.63. The Morgan fingerprint density at radius 3 is 2.40 bits per heavy atom. The fourth-order valence-electron chi connectivity index (χ4n) is 6.36. The van der Waals surface area contributed by atoms with Crippen LogP contribution in [0.2, 0.25) is 0 Å². The summed E-state index contributed by atoms with van der Waals surface area (Å²) in [6, 6.07) is 19.7. The van der Waals surface area contributed by atoms with Crippen LogP contribution >= 0.6 is 15.9 Å². The molecule has 45 heavy (non-hydrogen) atoms. The average Bonchev–Trinajstić information content (AvgIpc) is 3.30. The molecule has 0 radical (unpaired) electrons. The second-order valence-corrected chi connectivity index (χ2v) is 12.8. The average molecular weight is 666 g/mol. The number of carbonyl (C=O) groups is 4. The number of esters is 1. The van der Waals surface area contributed by atoms with E-state index >= 15 is 0 Å². The smallest absolute Gasteiger partial charge is 0.339 e. The number of allylic oxidation sites excluding steroid dienone is 2. The van der Waals surface area contributed by atoms with Crippen LogP contribution in [0.4, 0.5) is 5.69 Å². The van der Waals surface area contributed by atoms with Crippen LogP contribution in [-0.2, 0) is 20.7 Å². The molecular weight excluding hydrogens is 632 g/mol. The number of rotatable bonds is 7. The van der Waals surface area contributed by atoms with Gasteiger partial charge in [0.25, 0.3) is 0 Å². The number of amides is 2. The summed E-state index contributed by atoms with van der Waals surface area (Å²) in [5.74, 6) is -1.93. The molecule has 2 heterocycles. The summed E-state index contributed by atoms with van der Waals surface area (Å²) in [5, 5.41) is 0.611. The number of aromatic nitrogens is 1. The maximum atomic E-state index is 13.7. The monoisotopic (exact) mass is 664 g/mol. The summed E-state index contributed by atoms with van der Waals surface area (Å²) in [6.45, 7) is 7.50. The molecule has 1 fully saturated rings. The molecule has 3 aromatic carbocycles. The molecule has 1 aromatic heterocycles. The van der Waals surface area contributed by atoms with E-state index in [9.17, 15) is 19.2 Å². The van der Waals surface area contributed by atoms with Gasteiger partial charge in [-0.1, -0.05) is 83.9 Å². The van der Waals surface area contributed by atoms with Crippen LogP contribution < -0.4 is 4.90 Å². The van der Waals surface area contributed by atoms with E-state index < -0.39 is 12.1 Å². The number of Topliss-reactive ketones (excluding diaryl/α,β-unsaturated/α-hetero) is 1. The molecule has 7 nitrogen and oxygen atoms in total. The summed E-state index contributed by atoms with van der Waals surface area (Å²) in [7, 11) is 0. The quantitative estimate of drug-likeness (QED) is 0.0871. The second-order valence-electron chi connectivity index (χ2n) is 11.9. The minimum atomic E-state index is -0.999. The van der Waals surface area contributed by atoms with Gasteiger partial charge in [0.15, 0.2) is 6.10 Å². The number of ketones is 1. The van der Waals surface area contributed by atoms with E-state index in [0.717, 1.165) is 15.6 Å². The highest BCUT2D eigenvalue weighted by molar-refractivity contribution is 9.10. The van der Waals surface area contributed by atoms with Crippen molar-refractivity contribution in [3.63, 3.8) is 0 Å². The Labute approximate surface area is 270 Å². The summed E-state index contributed by atoms with van der Waals surface area (Å²) in [6.07, 6.45) is 4.24. The number of aryl methyl sites for hydroxylation is 2. The number of ether oxygens (including phenoxy) is 1. The van der Waals surface area contributed by atoms with E-state index in [0.29, 0.717) is 46.3 Å². The Bertz CT molecular complexity index is 1880. The maximum absolute atomic E-state index is 13.7. The molecule has 0 spiro atoms. The Hall–Kier alpha value is -4.43. The summed E-state index contributed by atoms with van der Waals surface area (Å²) >= 11 is 3.56. The van der Waals surface area contributed by atoms with Gasteiger partial charge in [-0.25, -0.2) is 9.78 Å². The van der Waals surface area contributed by atoms with Gasteiger partial charge >= 0.3 is 5.97 Å². The van der Waals surface area contributed by atoms with Crippen molar-refractivity contribution in [3.8, 4) is 11.3 Å². The van der Waals surface area contributed by atoms with Gasteiger partial charge in [-0.2, -0.15) is 0 Å². The normalized spacial score (nSPS) is 19.9. The van der Waals surface area contributed by atoms with Crippen LogP contribution in [0.3, 0.4) is 0 Å². The number of benzene rings is 3. The van der Waals surface area contributed by atoms with Gasteiger partial charge in [-0.15, -0.1) is 0 Å². The van der Waals surface area contributed by atoms with Crippen molar-refractivity contribution in [1.82, 2.24) is 4.98 Å². The number of fused-ring (bicyclic) bond motifs is 2. The molecule has 0 N–H and O–H groups in total. The molecular formula is C37H33BrN2O5. The molecule has 1 aliphatic carbocycles. The summed E-state index contributed by atoms with van der Waals surface area (Å²) in [5.41, 5.74) is 5.12. The minimum absolute atomic E-state index is 0.00662. The highest BCUT2D eigenvalue weighted by Crippen LogP contribution is 2.41. The second kappa shape index (κ2) is 12.2. The van der Waals surface area contributed by atoms with Crippen molar-refractivity contribution in [1.29, 1.82) is 0 Å². The van der Waals surface area contributed by atoms with Crippen LogP contribution in [0.25, 0.3) is 22.2 Å². The molecule has 6 rings (SSSR count). The number of hydrogen-bond donors (Lipinski definition) is 0. The zero-order valence-electron chi connectivity index (χ0n) is 25.5. The van der Waals surface area contributed by atoms with E-state index in [1.54, 1.807) is 49.4 Å². The molecule has 2 amide bonds. The van der Waals surface area contributed by atoms with Crippen LogP contribution in [0, 0.1) is 24.7 Å². The first kappa shape index (κ1) is 30.6. The molecule has 8 heteroatoms. The molecule has 0 saturated carbocycles. The first-order chi connectivity index (χ1) is 21.6. The molecule has 228 valence electrons. The topological polar surface area (TPSA) is 93.6 Å². The standard InChI is InChI=1S/C37H33BrN2O5/c1-5-23-17-26(38)18-29-30(37(44)45-22(4)34(41)25-11-9-20(2)10-12-25)19-31(39-33(23)29)24-13-15-27(16-14-24)40-35(42)28-8-6-7-21(3)32(28)36(40)43/h6-7,9-19,21-22,28,32H,5,8H2,1-4H3. The number of pyridine rings is 1. The van der Waals surface area contributed by atoms with Crippen LogP contribution in [0.15, 0.2) is 83.4 Å². The minimum Gasteiger partial charge on any atom is -0.451 e. The fraction of sp³-hybridized carbons (Fsp3) is 0.270. The predicted octanol–water partition coefficient (Wildman–Crippen LogP) is 7.66. The molecule has 1 aliphatic heterocycles. The molecule has 0 bridgehead atoms. The third-order valence-corrected chi connectivity index (χ3v) is 9.30. The van der Waals surface area contributed by atoms with Gasteiger partial charge in [0.2, 0.25) is 17.6 Å². The fourth-order valence-corrected chi connectivity index (χ4v) is 6.87. The van der Waals surface area contributed by atoms with Gasteiger partial charge in [-0.3, -0.25) is 19.3 Å². The Balaban J connectivity index is 1.34. The largest absolute Gasteiger partial charge is 0.451 e. The Kier molecular flexibility index (Phi) is 8.27. The van der Waals surface area contributed by atoms with Crippen molar-refractivity contribution >= 4 is 56.1 Å². The lowest BCUT2D eigenvalue weighted by molar-refractivity contribution is -0.122. The van der Waals surface area contributed by atoms with Crippen molar-refractivity contribution in [2.24, 2.45) is 17.8 Å². The number of carbonyl (C=O) groups excluding carboxylic acids is 4. The summed E-state index contributed by atoms with van der Waals surface area (Å²) in [4.78, 5) is 59.6. The van der Waals surface area contributed by atoms with Crippen molar-refractivity contribution in [3.05, 3.63) is 106 Å². The van der Waals surface area contributed by atoms with Gasteiger partial charge in [0, 0.05) is 21.0 Å². The molecule has 4 unspecified atom stereocenters. The first-order valence-corrected chi connectivity index (χ1v) is 16.0. The molecule has 4 atom stereocenters. The zero-order chi connectivity index (χ0) is 32.0. The maximum Gasteiger partial charge on any atom is 0.339 e. The number of imide groups is 1. The lowest BCUT2D eigenvalue weighted by atomic mass is 9.78. The van der Waals surface area contributed by atoms with E-state index in [2.05, 4.69) is 15.9 Å². The van der Waals surface area contributed by atoms with Crippen LogP contribution in [0.1, 0.15) is 59.0 Å². The van der Waals surface area contributed by atoms with Gasteiger partial charge in [-0.05, 0) is 68.5 Å².